The molecule has 0 heterocycles. The van der Waals surface area contributed by atoms with E-state index < -0.39 is 16.0 Å². The Bertz CT molecular complexity index is 642. The maximum atomic E-state index is 12.6. The molecule has 1 rings (SSSR count). The van der Waals surface area contributed by atoms with Crippen LogP contribution in [0.3, 0.4) is 0 Å². The van der Waals surface area contributed by atoms with E-state index in [0.29, 0.717) is 6.54 Å². The molecular formula is C13H18ClNO5S. The van der Waals surface area contributed by atoms with Crippen LogP contribution in [0.4, 0.5) is 0 Å². The molecule has 0 aliphatic carbocycles. The summed E-state index contributed by atoms with van der Waals surface area (Å²) in [5, 5.41) is 9.17. The lowest BCUT2D eigenvalue weighted by Crippen LogP contribution is -2.31. The topological polar surface area (TPSA) is 83.9 Å². The summed E-state index contributed by atoms with van der Waals surface area (Å²) in [4.78, 5) is 11.0. The van der Waals surface area contributed by atoms with Gasteiger partial charge in [0.15, 0.2) is 5.75 Å². The fourth-order valence-corrected chi connectivity index (χ4v) is 3.73. The quantitative estimate of drug-likeness (QED) is 0.862. The summed E-state index contributed by atoms with van der Waals surface area (Å²) < 4.78 is 31.3. The van der Waals surface area contributed by atoms with E-state index in [1.807, 2.05) is 13.8 Å². The first-order chi connectivity index (χ1) is 9.61. The predicted octanol–water partition coefficient (Wildman–Crippen LogP) is 2.32. The zero-order valence-electron chi connectivity index (χ0n) is 12.3. The number of carboxylic acid groups (broad SMARTS) is 1. The second-order valence-electron chi connectivity index (χ2n) is 4.97. The summed E-state index contributed by atoms with van der Waals surface area (Å²) in [5.41, 5.74) is -0.290. The fraction of sp³-hybridized carbons (Fsp3) is 0.462. The monoisotopic (exact) mass is 335 g/mol. The minimum Gasteiger partial charge on any atom is -0.494 e. The van der Waals surface area contributed by atoms with Crippen molar-refractivity contribution in [1.29, 1.82) is 0 Å². The molecule has 0 fully saturated rings. The van der Waals surface area contributed by atoms with Crippen LogP contribution in [0.1, 0.15) is 24.2 Å². The Labute approximate surface area is 129 Å². The number of rotatable bonds is 6. The van der Waals surface area contributed by atoms with Crippen LogP contribution in [0.5, 0.6) is 5.75 Å². The van der Waals surface area contributed by atoms with Crippen LogP contribution in [0.15, 0.2) is 17.0 Å². The number of ether oxygens (including phenoxy) is 1. The number of halogens is 1. The van der Waals surface area contributed by atoms with Gasteiger partial charge in [0, 0.05) is 18.6 Å². The van der Waals surface area contributed by atoms with Crippen molar-refractivity contribution in [2.75, 3.05) is 20.7 Å². The van der Waals surface area contributed by atoms with Crippen LogP contribution in [0.2, 0.25) is 5.02 Å². The molecule has 0 aliphatic heterocycles. The lowest BCUT2D eigenvalue weighted by Gasteiger charge is -2.21. The minimum absolute atomic E-state index is 0.0183. The molecule has 0 saturated heterocycles. The molecule has 0 unspecified atom stereocenters. The van der Waals surface area contributed by atoms with Gasteiger partial charge in [-0.3, -0.25) is 0 Å². The third-order valence-corrected chi connectivity index (χ3v) is 4.81. The van der Waals surface area contributed by atoms with E-state index in [4.69, 9.17) is 21.4 Å². The summed E-state index contributed by atoms with van der Waals surface area (Å²) in [5.74, 6) is -1.41. The summed E-state index contributed by atoms with van der Waals surface area (Å²) in [6, 6.07) is 2.35. The number of carboxylic acids is 1. The lowest BCUT2D eigenvalue weighted by molar-refractivity contribution is 0.0692. The van der Waals surface area contributed by atoms with Crippen LogP contribution in [0.25, 0.3) is 0 Å². The molecule has 0 atom stereocenters. The van der Waals surface area contributed by atoms with Gasteiger partial charge in [-0.25, -0.2) is 17.5 Å². The van der Waals surface area contributed by atoms with Crippen LogP contribution in [-0.2, 0) is 10.0 Å². The second-order valence-corrected chi connectivity index (χ2v) is 7.42. The van der Waals surface area contributed by atoms with E-state index in [1.165, 1.54) is 20.2 Å². The Hall–Kier alpha value is -1.31. The first kappa shape index (κ1) is 17.7. The van der Waals surface area contributed by atoms with Gasteiger partial charge in [0.05, 0.1) is 7.11 Å². The van der Waals surface area contributed by atoms with Crippen LogP contribution >= 0.6 is 11.6 Å². The third-order valence-electron chi connectivity index (χ3n) is 2.76. The van der Waals surface area contributed by atoms with Gasteiger partial charge < -0.3 is 9.84 Å². The second kappa shape index (κ2) is 6.64. The van der Waals surface area contributed by atoms with E-state index in [2.05, 4.69) is 0 Å². The van der Waals surface area contributed by atoms with E-state index >= 15 is 0 Å². The summed E-state index contributed by atoms with van der Waals surface area (Å²) in [6.45, 7) is 4.05. The Balaban J connectivity index is 3.51. The highest BCUT2D eigenvalue weighted by Crippen LogP contribution is 2.33. The Kier molecular flexibility index (Phi) is 5.61. The molecule has 21 heavy (non-hydrogen) atoms. The van der Waals surface area contributed by atoms with Crippen molar-refractivity contribution < 1.29 is 23.1 Å². The molecule has 0 spiro atoms. The Morgan fingerprint density at radius 2 is 2.00 bits per heavy atom. The molecule has 0 amide bonds. The van der Waals surface area contributed by atoms with Crippen LogP contribution in [-0.4, -0.2) is 44.5 Å². The highest BCUT2D eigenvalue weighted by molar-refractivity contribution is 7.89. The average Bonchev–Trinajstić information content (AvgIpc) is 2.36. The van der Waals surface area contributed by atoms with Gasteiger partial charge in [0.1, 0.15) is 10.5 Å². The molecule has 0 bridgehead atoms. The van der Waals surface area contributed by atoms with Gasteiger partial charge in [-0.1, -0.05) is 25.4 Å². The number of hydrogen-bond donors (Lipinski definition) is 1. The smallest absolute Gasteiger partial charge is 0.339 e. The van der Waals surface area contributed by atoms with Gasteiger partial charge in [0.2, 0.25) is 10.0 Å². The van der Waals surface area contributed by atoms with Gasteiger partial charge in [0.25, 0.3) is 0 Å². The molecule has 0 aliphatic rings. The number of sulfonamides is 1. The number of hydrogen-bond acceptors (Lipinski definition) is 4. The third kappa shape index (κ3) is 3.87. The zero-order valence-corrected chi connectivity index (χ0v) is 13.8. The lowest BCUT2D eigenvalue weighted by atomic mass is 10.2. The van der Waals surface area contributed by atoms with E-state index in [9.17, 15) is 13.2 Å². The minimum atomic E-state index is -3.89. The first-order valence-corrected chi connectivity index (χ1v) is 8.00. The zero-order chi connectivity index (χ0) is 16.4. The molecule has 1 N–H and O–H groups in total. The SMILES string of the molecule is COc1c(C(=O)O)cc(Cl)cc1S(=O)(=O)N(C)CC(C)C. The standard InChI is InChI=1S/C13H18ClNO5S/c1-8(2)7-15(3)21(18,19)11-6-9(14)5-10(13(16)17)12(11)20-4/h5-6,8H,7H2,1-4H3,(H,16,17). The van der Waals surface area contributed by atoms with Gasteiger partial charge >= 0.3 is 5.97 Å². The number of carbonyl (C=O) groups is 1. The van der Waals surface area contributed by atoms with Crippen molar-refractivity contribution >= 4 is 27.6 Å². The molecular weight excluding hydrogens is 318 g/mol. The molecule has 0 saturated carbocycles. The van der Waals surface area contributed by atoms with Gasteiger partial charge in [-0.2, -0.15) is 0 Å². The Morgan fingerprint density at radius 1 is 1.43 bits per heavy atom. The maximum Gasteiger partial charge on any atom is 0.339 e. The Morgan fingerprint density at radius 3 is 2.43 bits per heavy atom. The van der Waals surface area contributed by atoms with Crippen molar-refractivity contribution in [2.45, 2.75) is 18.7 Å². The molecule has 0 radical (unpaired) electrons. The van der Waals surface area contributed by atoms with Gasteiger partial charge in [-0.15, -0.1) is 0 Å². The average molecular weight is 336 g/mol. The van der Waals surface area contributed by atoms with Crippen molar-refractivity contribution in [3.8, 4) is 5.75 Å². The summed E-state index contributed by atoms with van der Waals surface area (Å²) in [6.07, 6.45) is 0. The summed E-state index contributed by atoms with van der Waals surface area (Å²) in [7, 11) is -1.25. The molecule has 0 aromatic heterocycles. The number of methoxy groups -OCH3 is 1. The number of benzene rings is 1. The highest BCUT2D eigenvalue weighted by Gasteiger charge is 2.29. The van der Waals surface area contributed by atoms with Crippen molar-refractivity contribution in [3.05, 3.63) is 22.7 Å². The highest BCUT2D eigenvalue weighted by atomic mass is 35.5. The normalized spacial score (nSPS) is 12.0. The van der Waals surface area contributed by atoms with Crippen molar-refractivity contribution in [3.63, 3.8) is 0 Å². The first-order valence-electron chi connectivity index (χ1n) is 6.18. The molecule has 1 aromatic carbocycles. The molecule has 8 heteroatoms. The fourth-order valence-electron chi connectivity index (χ4n) is 1.91. The van der Waals surface area contributed by atoms with E-state index in [1.54, 1.807) is 0 Å². The largest absolute Gasteiger partial charge is 0.494 e. The number of aromatic carboxylic acids is 1. The molecule has 6 nitrogen and oxygen atoms in total. The van der Waals surface area contributed by atoms with Crippen LogP contribution < -0.4 is 4.74 Å². The van der Waals surface area contributed by atoms with E-state index in [-0.39, 0.29) is 27.1 Å². The van der Waals surface area contributed by atoms with Crippen molar-refractivity contribution in [2.24, 2.45) is 5.92 Å². The van der Waals surface area contributed by atoms with E-state index in [0.717, 1.165) is 10.4 Å². The number of nitrogens with zero attached hydrogens (tertiary/aromatic N) is 1. The predicted molar refractivity (Wildman–Crippen MR) is 79.6 cm³/mol. The van der Waals surface area contributed by atoms with Gasteiger partial charge in [-0.05, 0) is 18.1 Å². The van der Waals surface area contributed by atoms with Crippen LogP contribution in [0, 0.1) is 5.92 Å². The maximum absolute atomic E-state index is 12.6. The van der Waals surface area contributed by atoms with Crippen molar-refractivity contribution in [1.82, 2.24) is 4.31 Å². The molecule has 118 valence electrons. The molecule has 1 aromatic rings. The summed E-state index contributed by atoms with van der Waals surface area (Å²) >= 11 is 5.84.